The number of carbonyl (C=O) groups is 1. The quantitative estimate of drug-likeness (QED) is 0.453. The Kier molecular flexibility index (Phi) is 4.82. The van der Waals surface area contributed by atoms with Gasteiger partial charge in [-0.3, -0.25) is 14.5 Å². The molecular weight excluding hydrogens is 432 g/mol. The largest absolute Gasteiger partial charge is 0.497 e. The van der Waals surface area contributed by atoms with Gasteiger partial charge in [-0.05, 0) is 18.2 Å². The van der Waals surface area contributed by atoms with E-state index in [-0.39, 0.29) is 22.3 Å². The Morgan fingerprint density at radius 1 is 1.06 bits per heavy atom. The normalized spacial score (nSPS) is 15.2. The summed E-state index contributed by atoms with van der Waals surface area (Å²) in [6.45, 7) is 0. The average molecular weight is 450 g/mol. The van der Waals surface area contributed by atoms with Gasteiger partial charge < -0.3 is 18.6 Å². The highest BCUT2D eigenvalue weighted by atomic mass is 32.1. The van der Waals surface area contributed by atoms with E-state index in [1.54, 1.807) is 48.0 Å². The number of fused-ring (bicyclic) bond motifs is 2. The zero-order chi connectivity index (χ0) is 22.4. The highest BCUT2D eigenvalue weighted by Gasteiger charge is 2.46. The summed E-state index contributed by atoms with van der Waals surface area (Å²) < 4.78 is 22.3. The number of amides is 1. The van der Waals surface area contributed by atoms with Crippen molar-refractivity contribution in [3.63, 3.8) is 0 Å². The van der Waals surface area contributed by atoms with Gasteiger partial charge in [-0.2, -0.15) is 0 Å². The van der Waals surface area contributed by atoms with Crippen LogP contribution < -0.4 is 24.5 Å². The Morgan fingerprint density at radius 2 is 1.91 bits per heavy atom. The molecule has 9 heteroatoms. The van der Waals surface area contributed by atoms with Gasteiger partial charge in [0.05, 0.1) is 32.3 Å². The Bertz CT molecular complexity index is 1400. The number of carbonyl (C=O) groups excluding carboxylic acids is 1. The Hall–Kier alpha value is -3.85. The molecule has 0 unspecified atom stereocenters. The first-order valence-electron chi connectivity index (χ1n) is 9.67. The van der Waals surface area contributed by atoms with E-state index in [2.05, 4.69) is 4.98 Å². The number of methoxy groups -OCH3 is 3. The first kappa shape index (κ1) is 20.1. The van der Waals surface area contributed by atoms with Crippen molar-refractivity contribution >= 4 is 33.3 Å². The molecule has 0 radical (unpaired) electrons. The molecule has 3 heterocycles. The minimum absolute atomic E-state index is 0.0270. The third kappa shape index (κ3) is 2.85. The van der Waals surface area contributed by atoms with Crippen molar-refractivity contribution in [2.75, 3.05) is 26.2 Å². The molecule has 8 nitrogen and oxygen atoms in total. The van der Waals surface area contributed by atoms with Crippen molar-refractivity contribution in [3.05, 3.63) is 75.1 Å². The number of ether oxygens (including phenoxy) is 3. The molecule has 1 aliphatic rings. The summed E-state index contributed by atoms with van der Waals surface area (Å²) in [6, 6.07) is 9.45. The summed E-state index contributed by atoms with van der Waals surface area (Å²) in [7, 11) is 4.57. The minimum Gasteiger partial charge on any atom is -0.497 e. The van der Waals surface area contributed by atoms with Crippen molar-refractivity contribution in [2.24, 2.45) is 0 Å². The number of nitrogens with zero attached hydrogens (tertiary/aromatic N) is 2. The molecule has 5 rings (SSSR count). The van der Waals surface area contributed by atoms with Crippen LogP contribution in [0, 0.1) is 0 Å². The van der Waals surface area contributed by atoms with Gasteiger partial charge in [-0.1, -0.05) is 12.1 Å². The molecule has 32 heavy (non-hydrogen) atoms. The summed E-state index contributed by atoms with van der Waals surface area (Å²) in [5.74, 6) is 0.956. The van der Waals surface area contributed by atoms with Crippen LogP contribution in [-0.2, 0) is 0 Å². The highest BCUT2D eigenvalue weighted by Crippen LogP contribution is 2.46. The van der Waals surface area contributed by atoms with Gasteiger partial charge in [-0.15, -0.1) is 11.3 Å². The summed E-state index contributed by atoms with van der Waals surface area (Å²) in [4.78, 5) is 33.0. The second-order valence-corrected chi connectivity index (χ2v) is 7.88. The standard InChI is InChI=1S/C23H18N2O6S/c1-28-12-7-8-13-16(11-12)31-21-17(19(13)26)18(25(22(21)27)23-24-9-10-32-23)14-5-4-6-15(29-2)20(14)30-3/h4-11,18H,1-3H3/t18-/m1/s1. The number of para-hydroxylation sites is 1. The van der Waals surface area contributed by atoms with Gasteiger partial charge in [0.25, 0.3) is 5.91 Å². The lowest BCUT2D eigenvalue weighted by Crippen LogP contribution is -2.29. The maximum Gasteiger partial charge on any atom is 0.297 e. The van der Waals surface area contributed by atoms with Crippen LogP contribution in [0.25, 0.3) is 11.0 Å². The fourth-order valence-corrected chi connectivity index (χ4v) is 4.70. The fraction of sp³-hybridized carbons (Fsp3) is 0.174. The molecule has 0 saturated carbocycles. The van der Waals surface area contributed by atoms with Crippen LogP contribution in [0.15, 0.2) is 57.2 Å². The first-order chi connectivity index (χ1) is 15.6. The maximum absolute atomic E-state index is 13.6. The molecule has 1 amide bonds. The van der Waals surface area contributed by atoms with E-state index in [0.29, 0.717) is 33.3 Å². The van der Waals surface area contributed by atoms with Crippen LogP contribution in [0.2, 0.25) is 0 Å². The fourth-order valence-electron chi connectivity index (χ4n) is 4.03. The lowest BCUT2D eigenvalue weighted by molar-refractivity contribution is 0.0970. The molecule has 0 aliphatic carbocycles. The smallest absolute Gasteiger partial charge is 0.297 e. The van der Waals surface area contributed by atoms with E-state index in [4.69, 9.17) is 18.6 Å². The van der Waals surface area contributed by atoms with Gasteiger partial charge in [0, 0.05) is 23.2 Å². The molecule has 4 aromatic rings. The van der Waals surface area contributed by atoms with Crippen LogP contribution in [0.5, 0.6) is 17.2 Å². The van der Waals surface area contributed by atoms with Gasteiger partial charge in [0.15, 0.2) is 22.1 Å². The van der Waals surface area contributed by atoms with Crippen molar-refractivity contribution < 1.29 is 23.4 Å². The average Bonchev–Trinajstić information content (AvgIpc) is 3.44. The minimum atomic E-state index is -0.795. The number of anilines is 1. The summed E-state index contributed by atoms with van der Waals surface area (Å²) in [5, 5.41) is 2.56. The van der Waals surface area contributed by atoms with Crippen molar-refractivity contribution in [2.45, 2.75) is 6.04 Å². The summed E-state index contributed by atoms with van der Waals surface area (Å²) in [5.41, 5.74) is 0.800. The molecule has 1 atom stereocenters. The predicted molar refractivity (Wildman–Crippen MR) is 119 cm³/mol. The third-order valence-corrected chi connectivity index (χ3v) is 6.20. The van der Waals surface area contributed by atoms with Crippen molar-refractivity contribution in [1.82, 2.24) is 4.98 Å². The van der Waals surface area contributed by atoms with Gasteiger partial charge in [0.2, 0.25) is 5.76 Å². The lowest BCUT2D eigenvalue weighted by Gasteiger charge is -2.24. The van der Waals surface area contributed by atoms with Crippen LogP contribution in [0.1, 0.15) is 27.7 Å². The van der Waals surface area contributed by atoms with Crippen LogP contribution in [0.3, 0.4) is 0 Å². The second-order valence-electron chi connectivity index (χ2n) is 7.01. The summed E-state index contributed by atoms with van der Waals surface area (Å²) in [6.07, 6.45) is 1.60. The number of hydrogen-bond donors (Lipinski definition) is 0. The number of aromatic nitrogens is 1. The van der Waals surface area contributed by atoms with E-state index in [0.717, 1.165) is 0 Å². The number of benzene rings is 2. The van der Waals surface area contributed by atoms with Crippen molar-refractivity contribution in [3.8, 4) is 17.2 Å². The maximum atomic E-state index is 13.6. The highest BCUT2D eigenvalue weighted by molar-refractivity contribution is 7.13. The SMILES string of the molecule is COc1ccc2c(=O)c3c(oc2c1)C(=O)N(c1nccs1)[C@@H]3c1cccc(OC)c1OC. The molecule has 0 saturated heterocycles. The molecule has 162 valence electrons. The Morgan fingerprint density at radius 3 is 2.59 bits per heavy atom. The van der Waals surface area contributed by atoms with Crippen LogP contribution in [-0.4, -0.2) is 32.2 Å². The molecule has 1 aliphatic heterocycles. The molecule has 2 aromatic heterocycles. The van der Waals surface area contributed by atoms with Crippen LogP contribution >= 0.6 is 11.3 Å². The number of hydrogen-bond acceptors (Lipinski definition) is 8. The molecule has 0 N–H and O–H groups in total. The zero-order valence-electron chi connectivity index (χ0n) is 17.4. The van der Waals surface area contributed by atoms with E-state index in [1.807, 2.05) is 0 Å². The predicted octanol–water partition coefficient (Wildman–Crippen LogP) is 4.03. The topological polar surface area (TPSA) is 91.1 Å². The zero-order valence-corrected chi connectivity index (χ0v) is 18.3. The van der Waals surface area contributed by atoms with Crippen molar-refractivity contribution in [1.29, 1.82) is 0 Å². The first-order valence-corrected chi connectivity index (χ1v) is 10.6. The summed E-state index contributed by atoms with van der Waals surface area (Å²) >= 11 is 1.29. The van der Waals surface area contributed by atoms with Gasteiger partial charge in [0.1, 0.15) is 17.4 Å². The third-order valence-electron chi connectivity index (χ3n) is 5.43. The number of thiazole rings is 1. The molecule has 0 spiro atoms. The number of rotatable bonds is 5. The Labute approximate surface area is 186 Å². The van der Waals surface area contributed by atoms with E-state index < -0.39 is 11.9 Å². The second kappa shape index (κ2) is 7.69. The van der Waals surface area contributed by atoms with Gasteiger partial charge >= 0.3 is 0 Å². The van der Waals surface area contributed by atoms with E-state index in [1.165, 1.54) is 37.6 Å². The van der Waals surface area contributed by atoms with Gasteiger partial charge in [-0.25, -0.2) is 4.98 Å². The van der Waals surface area contributed by atoms with Crippen LogP contribution in [0.4, 0.5) is 5.13 Å². The van der Waals surface area contributed by atoms with E-state index >= 15 is 0 Å². The molecule has 0 bridgehead atoms. The monoisotopic (exact) mass is 450 g/mol. The lowest BCUT2D eigenvalue weighted by atomic mass is 9.97. The van der Waals surface area contributed by atoms with E-state index in [9.17, 15) is 9.59 Å². The Balaban J connectivity index is 1.84. The molecular formula is C23H18N2O6S. The molecule has 2 aromatic carbocycles. The molecule has 0 fully saturated rings.